The Morgan fingerprint density at radius 1 is 0.750 bits per heavy atom. The molecule has 0 heterocycles. The largest absolute Gasteiger partial charge is 0.324 e. The van der Waals surface area contributed by atoms with Gasteiger partial charge in [-0.25, -0.2) is 22.0 Å². The van der Waals surface area contributed by atoms with Gasteiger partial charge < -0.3 is 5.73 Å². The van der Waals surface area contributed by atoms with Crippen LogP contribution in [0.1, 0.15) is 43.7 Å². The summed E-state index contributed by atoms with van der Waals surface area (Å²) >= 11 is 0. The highest BCUT2D eigenvalue weighted by Crippen LogP contribution is 2.36. The number of hydrogen-bond donors (Lipinski definition) is 1. The van der Waals surface area contributed by atoms with E-state index in [1.165, 1.54) is 0 Å². The fraction of sp³-hybridized carbons (Fsp3) is 0.538. The minimum absolute atomic E-state index is 0. The maximum Gasteiger partial charge on any atom is 0.200 e. The summed E-state index contributed by atoms with van der Waals surface area (Å²) in [5, 5.41) is 0. The van der Waals surface area contributed by atoms with Gasteiger partial charge in [0.2, 0.25) is 5.82 Å². The van der Waals surface area contributed by atoms with Crippen LogP contribution in [0, 0.1) is 35.0 Å². The lowest BCUT2D eigenvalue weighted by Crippen LogP contribution is -2.27. The highest BCUT2D eigenvalue weighted by atomic mass is 35.5. The predicted molar refractivity (Wildman–Crippen MR) is 67.0 cm³/mol. The molecule has 0 aliphatic heterocycles. The second-order valence-corrected chi connectivity index (χ2v) is 4.91. The summed E-state index contributed by atoms with van der Waals surface area (Å²) in [7, 11) is 0. The molecule has 0 saturated heterocycles. The average Bonchev–Trinajstić information content (AvgIpc) is 2.44. The Labute approximate surface area is 119 Å². The van der Waals surface area contributed by atoms with Gasteiger partial charge in [0, 0.05) is 11.6 Å². The van der Waals surface area contributed by atoms with Crippen molar-refractivity contribution in [2.45, 2.75) is 38.1 Å². The monoisotopic (exact) mass is 315 g/mol. The third-order valence-electron chi connectivity index (χ3n) is 3.73. The Balaban J connectivity index is 0.00000200. The first-order valence-electron chi connectivity index (χ1n) is 6.22. The molecule has 1 saturated carbocycles. The third kappa shape index (κ3) is 2.91. The van der Waals surface area contributed by atoms with E-state index in [1.807, 2.05) is 0 Å². The van der Waals surface area contributed by atoms with Crippen molar-refractivity contribution in [2.24, 2.45) is 11.7 Å². The van der Waals surface area contributed by atoms with Crippen LogP contribution in [0.3, 0.4) is 0 Å². The van der Waals surface area contributed by atoms with E-state index < -0.39 is 40.7 Å². The minimum Gasteiger partial charge on any atom is -0.324 e. The first-order valence-corrected chi connectivity index (χ1v) is 6.22. The lowest BCUT2D eigenvalue weighted by Gasteiger charge is -2.28. The topological polar surface area (TPSA) is 26.0 Å². The van der Waals surface area contributed by atoms with Gasteiger partial charge in [-0.3, -0.25) is 0 Å². The zero-order chi connectivity index (χ0) is 14.2. The summed E-state index contributed by atoms with van der Waals surface area (Å²) in [6, 6.07) is -1.16. The molecule has 20 heavy (non-hydrogen) atoms. The average molecular weight is 316 g/mol. The normalized spacial score (nSPS) is 17.7. The molecule has 114 valence electrons. The Hall–Kier alpha value is -0.880. The van der Waals surface area contributed by atoms with Crippen molar-refractivity contribution in [3.63, 3.8) is 0 Å². The van der Waals surface area contributed by atoms with Crippen LogP contribution in [-0.2, 0) is 0 Å². The van der Waals surface area contributed by atoms with Gasteiger partial charge in [0.25, 0.3) is 0 Å². The minimum atomic E-state index is -2.14. The van der Waals surface area contributed by atoms with E-state index in [-0.39, 0.29) is 18.3 Å². The van der Waals surface area contributed by atoms with E-state index in [1.54, 1.807) is 0 Å². The molecular weight excluding hydrogens is 301 g/mol. The molecule has 1 aliphatic carbocycles. The van der Waals surface area contributed by atoms with Gasteiger partial charge in [0.15, 0.2) is 23.3 Å². The summed E-state index contributed by atoms with van der Waals surface area (Å²) in [4.78, 5) is 0. The summed E-state index contributed by atoms with van der Waals surface area (Å²) in [6.07, 6.45) is 3.99. The van der Waals surface area contributed by atoms with Gasteiger partial charge >= 0.3 is 0 Å². The highest BCUT2D eigenvalue weighted by molar-refractivity contribution is 5.85. The number of hydrogen-bond acceptors (Lipinski definition) is 1. The fourth-order valence-electron chi connectivity index (χ4n) is 2.64. The van der Waals surface area contributed by atoms with Crippen molar-refractivity contribution in [2.75, 3.05) is 0 Å². The molecule has 1 aliphatic rings. The van der Waals surface area contributed by atoms with Crippen molar-refractivity contribution in [1.82, 2.24) is 0 Å². The van der Waals surface area contributed by atoms with Crippen molar-refractivity contribution in [1.29, 1.82) is 0 Å². The SMILES string of the molecule is Cl.N[C@@H](c1c(F)c(F)c(F)c(F)c1F)C1CCCCC1. The Kier molecular flexibility index (Phi) is 5.77. The number of benzene rings is 1. The maximum absolute atomic E-state index is 13.6. The molecule has 7 heteroatoms. The molecule has 0 spiro atoms. The van der Waals surface area contributed by atoms with Crippen LogP contribution in [0.25, 0.3) is 0 Å². The molecule has 1 aromatic rings. The van der Waals surface area contributed by atoms with E-state index in [0.717, 1.165) is 19.3 Å². The van der Waals surface area contributed by atoms with Gasteiger partial charge in [-0.1, -0.05) is 19.3 Å². The molecule has 2 N–H and O–H groups in total. The lowest BCUT2D eigenvalue weighted by molar-refractivity contribution is 0.287. The lowest BCUT2D eigenvalue weighted by atomic mass is 9.81. The number of rotatable bonds is 2. The second-order valence-electron chi connectivity index (χ2n) is 4.91. The summed E-state index contributed by atoms with van der Waals surface area (Å²) in [6.45, 7) is 0. The van der Waals surface area contributed by atoms with Crippen LogP contribution < -0.4 is 5.73 Å². The van der Waals surface area contributed by atoms with Crippen LogP contribution in [0.15, 0.2) is 0 Å². The smallest absolute Gasteiger partial charge is 0.200 e. The highest BCUT2D eigenvalue weighted by Gasteiger charge is 2.32. The van der Waals surface area contributed by atoms with Crippen molar-refractivity contribution in [3.05, 3.63) is 34.6 Å². The van der Waals surface area contributed by atoms with Crippen LogP contribution in [0.2, 0.25) is 0 Å². The van der Waals surface area contributed by atoms with Gasteiger partial charge in [-0.2, -0.15) is 0 Å². The Morgan fingerprint density at radius 3 is 1.60 bits per heavy atom. The molecule has 0 unspecified atom stereocenters. The van der Waals surface area contributed by atoms with Crippen LogP contribution >= 0.6 is 12.4 Å². The predicted octanol–water partition coefficient (Wildman–Crippen LogP) is 4.38. The Morgan fingerprint density at radius 2 is 1.15 bits per heavy atom. The molecule has 0 aromatic heterocycles. The zero-order valence-electron chi connectivity index (χ0n) is 10.6. The van der Waals surface area contributed by atoms with E-state index >= 15 is 0 Å². The molecule has 0 radical (unpaired) electrons. The molecule has 1 atom stereocenters. The quantitative estimate of drug-likeness (QED) is 0.489. The van der Waals surface area contributed by atoms with Gasteiger partial charge in [0.05, 0.1) is 0 Å². The summed E-state index contributed by atoms with van der Waals surface area (Å²) < 4.78 is 66.4. The summed E-state index contributed by atoms with van der Waals surface area (Å²) in [5.74, 6) is -9.87. The Bertz CT molecular complexity index is 459. The third-order valence-corrected chi connectivity index (χ3v) is 3.73. The molecule has 0 bridgehead atoms. The first-order chi connectivity index (χ1) is 8.95. The standard InChI is InChI=1S/C13H14F5N.ClH/c14-8-7(9(15)11(17)12(18)10(8)16)13(19)6-4-2-1-3-5-6;/h6,13H,1-5,19H2;1H/t13-;/m1./s1. The zero-order valence-corrected chi connectivity index (χ0v) is 11.4. The van der Waals surface area contributed by atoms with E-state index in [9.17, 15) is 22.0 Å². The second kappa shape index (κ2) is 6.72. The molecule has 1 fully saturated rings. The van der Waals surface area contributed by atoms with Crippen molar-refractivity contribution < 1.29 is 22.0 Å². The molecule has 0 amide bonds. The molecular formula is C13H15ClF5N. The molecule has 1 nitrogen and oxygen atoms in total. The van der Waals surface area contributed by atoms with Crippen LogP contribution in [0.5, 0.6) is 0 Å². The van der Waals surface area contributed by atoms with Gasteiger partial charge in [0.1, 0.15) is 0 Å². The van der Waals surface area contributed by atoms with Crippen LogP contribution in [0.4, 0.5) is 22.0 Å². The van der Waals surface area contributed by atoms with Crippen molar-refractivity contribution >= 4 is 12.4 Å². The molecule has 1 aromatic carbocycles. The first kappa shape index (κ1) is 17.2. The number of nitrogens with two attached hydrogens (primary N) is 1. The van der Waals surface area contributed by atoms with E-state index in [4.69, 9.17) is 5.73 Å². The van der Waals surface area contributed by atoms with Crippen molar-refractivity contribution in [3.8, 4) is 0 Å². The fourth-order valence-corrected chi connectivity index (χ4v) is 2.64. The summed E-state index contributed by atoms with van der Waals surface area (Å²) in [5.41, 5.74) is 4.84. The van der Waals surface area contributed by atoms with E-state index in [2.05, 4.69) is 0 Å². The van der Waals surface area contributed by atoms with E-state index in [0.29, 0.717) is 12.8 Å². The van der Waals surface area contributed by atoms with Gasteiger partial charge in [-0.05, 0) is 18.8 Å². The molecule has 2 rings (SSSR count). The van der Waals surface area contributed by atoms with Gasteiger partial charge in [-0.15, -0.1) is 12.4 Å². The van der Waals surface area contributed by atoms with Crippen LogP contribution in [-0.4, -0.2) is 0 Å². The number of halogens is 6. The maximum atomic E-state index is 13.6.